The molecule has 0 saturated heterocycles. The Labute approximate surface area is 107 Å². The van der Waals surface area contributed by atoms with E-state index < -0.39 is 6.10 Å². The molecule has 1 rings (SSSR count). The second-order valence-corrected chi connectivity index (χ2v) is 3.73. The Morgan fingerprint density at radius 2 is 1.61 bits per heavy atom. The predicted octanol–water partition coefficient (Wildman–Crippen LogP) is 1.86. The van der Waals surface area contributed by atoms with Gasteiger partial charge >= 0.3 is 0 Å². The van der Waals surface area contributed by atoms with Crippen LogP contribution in [0.3, 0.4) is 0 Å². The van der Waals surface area contributed by atoms with E-state index in [2.05, 4.69) is 0 Å². The third-order valence-electron chi connectivity index (χ3n) is 2.55. The highest BCUT2D eigenvalue weighted by Crippen LogP contribution is 2.40. The summed E-state index contributed by atoms with van der Waals surface area (Å²) in [6.45, 7) is 2.12. The molecule has 1 aromatic carbocycles. The first-order chi connectivity index (χ1) is 8.65. The average Bonchev–Trinajstić information content (AvgIpc) is 2.43. The van der Waals surface area contributed by atoms with Crippen molar-refractivity contribution in [3.8, 4) is 23.0 Å². The third-order valence-corrected chi connectivity index (χ3v) is 2.55. The van der Waals surface area contributed by atoms with Crippen molar-refractivity contribution in [1.29, 1.82) is 0 Å². The van der Waals surface area contributed by atoms with Crippen LogP contribution >= 0.6 is 0 Å². The van der Waals surface area contributed by atoms with Gasteiger partial charge in [-0.3, -0.25) is 0 Å². The molecule has 0 aliphatic carbocycles. The Morgan fingerprint density at radius 1 is 1.06 bits per heavy atom. The van der Waals surface area contributed by atoms with Gasteiger partial charge in [0.1, 0.15) is 12.4 Å². The molecule has 1 N–H and O–H groups in total. The summed E-state index contributed by atoms with van der Waals surface area (Å²) < 4.78 is 21.1. The number of methoxy groups -OCH3 is 3. The van der Waals surface area contributed by atoms with Crippen molar-refractivity contribution < 1.29 is 24.1 Å². The van der Waals surface area contributed by atoms with Crippen molar-refractivity contribution in [2.75, 3.05) is 27.9 Å². The molecule has 18 heavy (non-hydrogen) atoms. The van der Waals surface area contributed by atoms with Crippen LogP contribution < -0.4 is 18.9 Å². The van der Waals surface area contributed by atoms with Gasteiger partial charge in [0.15, 0.2) is 11.5 Å². The van der Waals surface area contributed by atoms with Gasteiger partial charge in [-0.1, -0.05) is 6.92 Å². The number of hydrogen-bond acceptors (Lipinski definition) is 5. The summed E-state index contributed by atoms with van der Waals surface area (Å²) in [6.07, 6.45) is 0.161. The first-order valence-electron chi connectivity index (χ1n) is 5.77. The van der Waals surface area contributed by atoms with Gasteiger partial charge in [-0.2, -0.15) is 0 Å². The molecular weight excluding hydrogens is 236 g/mol. The molecule has 0 radical (unpaired) electrons. The molecule has 1 aromatic rings. The largest absolute Gasteiger partial charge is 0.493 e. The van der Waals surface area contributed by atoms with Crippen LogP contribution in [-0.2, 0) is 0 Å². The highest BCUT2D eigenvalue weighted by Gasteiger charge is 2.14. The van der Waals surface area contributed by atoms with E-state index in [1.807, 2.05) is 6.92 Å². The number of benzene rings is 1. The summed E-state index contributed by atoms with van der Waals surface area (Å²) in [5, 5.41) is 9.46. The van der Waals surface area contributed by atoms with E-state index in [0.717, 1.165) is 0 Å². The summed E-state index contributed by atoms with van der Waals surface area (Å²) in [5.74, 6) is 2.14. The SMILES string of the molecule is CCC(O)COc1cc(OC)c(OC)c(OC)c1. The molecule has 0 spiro atoms. The standard InChI is InChI=1S/C13H20O5/c1-5-9(14)8-18-10-6-11(15-2)13(17-4)12(7-10)16-3/h6-7,9,14H,5,8H2,1-4H3. The first kappa shape index (κ1) is 14.4. The summed E-state index contributed by atoms with van der Waals surface area (Å²) in [6, 6.07) is 3.40. The average molecular weight is 256 g/mol. The molecule has 0 heterocycles. The molecule has 0 aliphatic heterocycles. The maximum atomic E-state index is 9.46. The van der Waals surface area contributed by atoms with E-state index in [1.54, 1.807) is 33.5 Å². The van der Waals surface area contributed by atoms with Crippen molar-refractivity contribution in [3.05, 3.63) is 12.1 Å². The molecule has 5 nitrogen and oxygen atoms in total. The maximum Gasteiger partial charge on any atom is 0.203 e. The Morgan fingerprint density at radius 3 is 2.00 bits per heavy atom. The molecular formula is C13H20O5. The Kier molecular flexibility index (Phi) is 5.58. The summed E-state index contributed by atoms with van der Waals surface area (Å²) >= 11 is 0. The van der Waals surface area contributed by atoms with Crippen LogP contribution in [0.25, 0.3) is 0 Å². The van der Waals surface area contributed by atoms with Crippen molar-refractivity contribution in [2.45, 2.75) is 19.4 Å². The van der Waals surface area contributed by atoms with E-state index in [4.69, 9.17) is 18.9 Å². The van der Waals surface area contributed by atoms with Gasteiger partial charge in [0.2, 0.25) is 5.75 Å². The lowest BCUT2D eigenvalue weighted by Gasteiger charge is -2.15. The first-order valence-corrected chi connectivity index (χ1v) is 5.77. The van der Waals surface area contributed by atoms with Crippen LogP contribution in [-0.4, -0.2) is 39.1 Å². The van der Waals surface area contributed by atoms with Crippen molar-refractivity contribution in [3.63, 3.8) is 0 Å². The number of hydrogen-bond donors (Lipinski definition) is 1. The second-order valence-electron chi connectivity index (χ2n) is 3.73. The molecule has 0 aromatic heterocycles. The molecule has 0 saturated carbocycles. The minimum atomic E-state index is -0.482. The highest BCUT2D eigenvalue weighted by atomic mass is 16.5. The minimum absolute atomic E-state index is 0.231. The monoisotopic (exact) mass is 256 g/mol. The Balaban J connectivity index is 2.93. The van der Waals surface area contributed by atoms with Crippen LogP contribution in [0.4, 0.5) is 0 Å². The fourth-order valence-electron chi connectivity index (χ4n) is 1.45. The highest BCUT2D eigenvalue weighted by molar-refractivity contribution is 5.55. The van der Waals surface area contributed by atoms with Gasteiger partial charge in [-0.05, 0) is 6.42 Å². The third kappa shape index (κ3) is 3.43. The van der Waals surface area contributed by atoms with Gasteiger partial charge in [-0.25, -0.2) is 0 Å². The zero-order valence-electron chi connectivity index (χ0n) is 11.2. The topological polar surface area (TPSA) is 57.2 Å². The number of aliphatic hydroxyl groups excluding tert-OH is 1. The number of rotatable bonds is 7. The number of ether oxygens (including phenoxy) is 4. The zero-order chi connectivity index (χ0) is 13.5. The van der Waals surface area contributed by atoms with Crippen LogP contribution in [0.5, 0.6) is 23.0 Å². The normalized spacial score (nSPS) is 11.8. The van der Waals surface area contributed by atoms with Gasteiger partial charge in [0.25, 0.3) is 0 Å². The van der Waals surface area contributed by atoms with E-state index in [9.17, 15) is 5.11 Å². The van der Waals surface area contributed by atoms with Gasteiger partial charge in [0.05, 0.1) is 27.4 Å². The Hall–Kier alpha value is -1.62. The predicted molar refractivity (Wildman–Crippen MR) is 67.9 cm³/mol. The Bertz CT molecular complexity index is 353. The van der Waals surface area contributed by atoms with Crippen molar-refractivity contribution in [1.82, 2.24) is 0 Å². The van der Waals surface area contributed by atoms with Crippen molar-refractivity contribution >= 4 is 0 Å². The molecule has 1 unspecified atom stereocenters. The van der Waals surface area contributed by atoms with Gasteiger partial charge in [0, 0.05) is 12.1 Å². The fourth-order valence-corrected chi connectivity index (χ4v) is 1.45. The zero-order valence-corrected chi connectivity index (χ0v) is 11.2. The minimum Gasteiger partial charge on any atom is -0.493 e. The maximum absolute atomic E-state index is 9.46. The van der Waals surface area contributed by atoms with E-state index in [0.29, 0.717) is 29.4 Å². The van der Waals surface area contributed by atoms with Crippen LogP contribution in [0.15, 0.2) is 12.1 Å². The van der Waals surface area contributed by atoms with Gasteiger partial charge in [-0.15, -0.1) is 0 Å². The van der Waals surface area contributed by atoms with Crippen LogP contribution in [0.1, 0.15) is 13.3 Å². The van der Waals surface area contributed by atoms with E-state index in [1.165, 1.54) is 0 Å². The van der Waals surface area contributed by atoms with Crippen LogP contribution in [0, 0.1) is 0 Å². The summed E-state index contributed by atoms with van der Waals surface area (Å²) in [5.41, 5.74) is 0. The van der Waals surface area contributed by atoms with E-state index >= 15 is 0 Å². The quantitative estimate of drug-likeness (QED) is 0.807. The lowest BCUT2D eigenvalue weighted by molar-refractivity contribution is 0.104. The van der Waals surface area contributed by atoms with Crippen LogP contribution in [0.2, 0.25) is 0 Å². The molecule has 5 heteroatoms. The van der Waals surface area contributed by atoms with Crippen molar-refractivity contribution in [2.24, 2.45) is 0 Å². The number of aliphatic hydroxyl groups is 1. The van der Waals surface area contributed by atoms with Gasteiger partial charge < -0.3 is 24.1 Å². The molecule has 0 fully saturated rings. The lowest BCUT2D eigenvalue weighted by Crippen LogP contribution is -2.16. The summed E-state index contributed by atoms with van der Waals surface area (Å²) in [7, 11) is 4.63. The molecule has 0 aliphatic rings. The van der Waals surface area contributed by atoms with E-state index in [-0.39, 0.29) is 6.61 Å². The lowest BCUT2D eigenvalue weighted by atomic mass is 10.2. The molecule has 1 atom stereocenters. The molecule has 102 valence electrons. The molecule has 0 amide bonds. The smallest absolute Gasteiger partial charge is 0.203 e. The molecule has 0 bridgehead atoms. The summed E-state index contributed by atoms with van der Waals surface area (Å²) in [4.78, 5) is 0. The second kappa shape index (κ2) is 6.96. The fraction of sp³-hybridized carbons (Fsp3) is 0.538.